The molecule has 1 unspecified atom stereocenters. The summed E-state index contributed by atoms with van der Waals surface area (Å²) in [6.07, 6.45) is 0.857. The Balaban J connectivity index is 3.42. The fourth-order valence-corrected chi connectivity index (χ4v) is 0.468. The zero-order valence-electron chi connectivity index (χ0n) is 5.49. The molecule has 0 aromatic rings. The molecule has 0 saturated heterocycles. The molecule has 0 aliphatic rings. The van der Waals surface area contributed by atoms with Gasteiger partial charge in [-0.15, -0.1) is 0 Å². The summed E-state index contributed by atoms with van der Waals surface area (Å²) in [7, 11) is 0. The first-order valence-corrected chi connectivity index (χ1v) is 2.96. The van der Waals surface area contributed by atoms with Crippen LogP contribution in [0.3, 0.4) is 0 Å². The van der Waals surface area contributed by atoms with Gasteiger partial charge in [0.1, 0.15) is 0 Å². The molecule has 0 aliphatic heterocycles. The van der Waals surface area contributed by atoms with Crippen molar-refractivity contribution in [3.05, 3.63) is 10.4 Å². The molecule has 0 heterocycles. The minimum Gasteiger partial charge on any atom is -0.396 e. The van der Waals surface area contributed by atoms with Gasteiger partial charge in [0.25, 0.3) is 0 Å². The summed E-state index contributed by atoms with van der Waals surface area (Å²) in [6.45, 7) is 2.47. The fourth-order valence-electron chi connectivity index (χ4n) is 0.468. The number of aliphatic hydroxyl groups is 1. The van der Waals surface area contributed by atoms with E-state index in [1.165, 1.54) is 0 Å². The molecule has 4 heteroatoms. The highest BCUT2D eigenvalue weighted by Gasteiger charge is 2.00. The van der Waals surface area contributed by atoms with Crippen molar-refractivity contribution in [2.75, 3.05) is 13.2 Å². The van der Waals surface area contributed by atoms with E-state index in [9.17, 15) is 0 Å². The van der Waals surface area contributed by atoms with Crippen LogP contribution in [0.4, 0.5) is 0 Å². The monoisotopic (exact) mass is 129 g/mol. The molecule has 0 rings (SSSR count). The van der Waals surface area contributed by atoms with Crippen molar-refractivity contribution in [2.45, 2.75) is 13.3 Å². The third kappa shape index (κ3) is 3.82. The quantitative estimate of drug-likeness (QED) is 0.347. The van der Waals surface area contributed by atoms with E-state index in [0.717, 1.165) is 6.42 Å². The van der Waals surface area contributed by atoms with Gasteiger partial charge < -0.3 is 5.11 Å². The lowest BCUT2D eigenvalue weighted by Crippen LogP contribution is -2.07. The second-order valence-corrected chi connectivity index (χ2v) is 1.87. The Kier molecular flexibility index (Phi) is 4.97. The zero-order valence-corrected chi connectivity index (χ0v) is 5.49. The summed E-state index contributed by atoms with van der Waals surface area (Å²) in [5.74, 6) is 0.140. The van der Waals surface area contributed by atoms with Gasteiger partial charge in [-0.2, -0.15) is 0 Å². The average Bonchev–Trinajstić information content (AvgIpc) is 1.91. The van der Waals surface area contributed by atoms with Gasteiger partial charge in [-0.05, 0) is 11.4 Å². The first kappa shape index (κ1) is 8.27. The summed E-state index contributed by atoms with van der Waals surface area (Å²) >= 11 is 0. The standard InChI is InChI=1S/C5H11N3O/c1-2-5(4-9)3-7-8-6/h5,9H,2-4H2,1H3. The fraction of sp³-hybridized carbons (Fsp3) is 1.00. The van der Waals surface area contributed by atoms with Crippen LogP contribution in [0, 0.1) is 5.92 Å². The minimum atomic E-state index is 0.107. The lowest BCUT2D eigenvalue weighted by atomic mass is 10.1. The maximum atomic E-state index is 8.57. The van der Waals surface area contributed by atoms with Crippen molar-refractivity contribution in [2.24, 2.45) is 11.0 Å². The molecule has 0 fully saturated rings. The molecule has 0 saturated carbocycles. The van der Waals surface area contributed by atoms with Crippen LogP contribution < -0.4 is 0 Å². The van der Waals surface area contributed by atoms with Crippen molar-refractivity contribution >= 4 is 0 Å². The topological polar surface area (TPSA) is 69.0 Å². The lowest BCUT2D eigenvalue weighted by molar-refractivity contribution is 0.227. The van der Waals surface area contributed by atoms with Gasteiger partial charge in [-0.1, -0.05) is 18.5 Å². The summed E-state index contributed by atoms with van der Waals surface area (Å²) < 4.78 is 0. The van der Waals surface area contributed by atoms with E-state index in [1.807, 2.05) is 6.92 Å². The van der Waals surface area contributed by atoms with Crippen molar-refractivity contribution < 1.29 is 5.11 Å². The van der Waals surface area contributed by atoms with Crippen LogP contribution >= 0.6 is 0 Å². The molecule has 0 aliphatic carbocycles. The molecule has 0 radical (unpaired) electrons. The van der Waals surface area contributed by atoms with Gasteiger partial charge in [0.2, 0.25) is 0 Å². The molecule has 0 spiro atoms. The van der Waals surface area contributed by atoms with Crippen molar-refractivity contribution in [3.8, 4) is 0 Å². The molecule has 1 N–H and O–H groups in total. The molecular formula is C5H11N3O. The van der Waals surface area contributed by atoms with E-state index in [-0.39, 0.29) is 12.5 Å². The normalized spacial score (nSPS) is 12.2. The van der Waals surface area contributed by atoms with E-state index in [0.29, 0.717) is 6.54 Å². The summed E-state index contributed by atoms with van der Waals surface area (Å²) in [4.78, 5) is 2.59. The molecule has 0 amide bonds. The maximum Gasteiger partial charge on any atom is 0.0460 e. The first-order chi connectivity index (χ1) is 4.35. The molecule has 9 heavy (non-hydrogen) atoms. The van der Waals surface area contributed by atoms with Crippen LogP contribution in [0.15, 0.2) is 5.11 Å². The zero-order chi connectivity index (χ0) is 7.11. The van der Waals surface area contributed by atoms with Crippen LogP contribution in [0.2, 0.25) is 0 Å². The Labute approximate surface area is 54.1 Å². The SMILES string of the molecule is CCC(CO)CN=[N+]=[N-]. The van der Waals surface area contributed by atoms with E-state index < -0.39 is 0 Å². The van der Waals surface area contributed by atoms with E-state index >= 15 is 0 Å². The van der Waals surface area contributed by atoms with Crippen molar-refractivity contribution in [1.29, 1.82) is 0 Å². The Morgan fingerprint density at radius 2 is 2.44 bits per heavy atom. The van der Waals surface area contributed by atoms with E-state index in [2.05, 4.69) is 10.0 Å². The number of hydrogen-bond donors (Lipinski definition) is 1. The summed E-state index contributed by atoms with van der Waals surface area (Å²) in [5, 5.41) is 11.9. The smallest absolute Gasteiger partial charge is 0.0460 e. The summed E-state index contributed by atoms with van der Waals surface area (Å²) in [6, 6.07) is 0. The molecule has 1 atom stereocenters. The second kappa shape index (κ2) is 5.41. The molecule has 0 aromatic carbocycles. The highest BCUT2D eigenvalue weighted by Crippen LogP contribution is 2.00. The van der Waals surface area contributed by atoms with Gasteiger partial charge in [0.05, 0.1) is 0 Å². The molecular weight excluding hydrogens is 118 g/mol. The Hall–Kier alpha value is -0.730. The summed E-state index contributed by atoms with van der Waals surface area (Å²) in [5.41, 5.74) is 7.88. The van der Waals surface area contributed by atoms with Gasteiger partial charge in [0.15, 0.2) is 0 Å². The van der Waals surface area contributed by atoms with Gasteiger partial charge in [-0.25, -0.2) is 0 Å². The van der Waals surface area contributed by atoms with Gasteiger partial charge >= 0.3 is 0 Å². The molecule has 0 aromatic heterocycles. The third-order valence-electron chi connectivity index (χ3n) is 1.24. The number of aliphatic hydroxyl groups excluding tert-OH is 1. The molecule has 0 bridgehead atoms. The molecule has 4 nitrogen and oxygen atoms in total. The van der Waals surface area contributed by atoms with Crippen LogP contribution in [0.25, 0.3) is 10.4 Å². The van der Waals surface area contributed by atoms with Crippen LogP contribution in [0.1, 0.15) is 13.3 Å². The van der Waals surface area contributed by atoms with Crippen molar-refractivity contribution in [1.82, 2.24) is 0 Å². The minimum absolute atomic E-state index is 0.107. The highest BCUT2D eigenvalue weighted by atomic mass is 16.3. The first-order valence-electron chi connectivity index (χ1n) is 2.96. The van der Waals surface area contributed by atoms with Crippen LogP contribution in [0.5, 0.6) is 0 Å². The van der Waals surface area contributed by atoms with Crippen molar-refractivity contribution in [3.63, 3.8) is 0 Å². The predicted molar refractivity (Wildman–Crippen MR) is 34.9 cm³/mol. The van der Waals surface area contributed by atoms with E-state index in [4.69, 9.17) is 10.6 Å². The predicted octanol–water partition coefficient (Wildman–Crippen LogP) is 1.32. The number of hydrogen-bond acceptors (Lipinski definition) is 2. The van der Waals surface area contributed by atoms with Gasteiger partial charge in [-0.3, -0.25) is 0 Å². The average molecular weight is 129 g/mol. The Bertz CT molecular complexity index is 105. The highest BCUT2D eigenvalue weighted by molar-refractivity contribution is 4.58. The van der Waals surface area contributed by atoms with Gasteiger partial charge in [0, 0.05) is 18.1 Å². The third-order valence-corrected chi connectivity index (χ3v) is 1.24. The van der Waals surface area contributed by atoms with Crippen LogP contribution in [-0.4, -0.2) is 18.3 Å². The molecule has 52 valence electrons. The number of azide groups is 1. The number of rotatable bonds is 4. The number of nitrogens with zero attached hydrogens (tertiary/aromatic N) is 3. The Morgan fingerprint density at radius 1 is 1.78 bits per heavy atom. The second-order valence-electron chi connectivity index (χ2n) is 1.87. The van der Waals surface area contributed by atoms with Crippen LogP contribution in [-0.2, 0) is 0 Å². The Morgan fingerprint density at radius 3 is 2.78 bits per heavy atom. The lowest BCUT2D eigenvalue weighted by Gasteiger charge is -2.04. The largest absolute Gasteiger partial charge is 0.396 e. The van der Waals surface area contributed by atoms with E-state index in [1.54, 1.807) is 0 Å². The maximum absolute atomic E-state index is 8.57.